The molecule has 0 radical (unpaired) electrons. The first kappa shape index (κ1) is 12.9. The predicted octanol–water partition coefficient (Wildman–Crippen LogP) is 1.71. The van der Waals surface area contributed by atoms with E-state index in [9.17, 15) is 9.90 Å². The van der Waals surface area contributed by atoms with Gasteiger partial charge in [-0.25, -0.2) is 0 Å². The topological polar surface area (TPSA) is 66.8 Å². The van der Waals surface area contributed by atoms with Crippen molar-refractivity contribution in [3.63, 3.8) is 0 Å². The van der Waals surface area contributed by atoms with Crippen LogP contribution < -0.4 is 4.74 Å². The average Bonchev–Trinajstić information content (AvgIpc) is 2.38. The first-order valence-electron chi connectivity index (χ1n) is 6.12. The molecule has 0 aliphatic carbocycles. The van der Waals surface area contributed by atoms with E-state index < -0.39 is 11.4 Å². The highest BCUT2D eigenvalue weighted by Gasteiger charge is 2.43. The molecule has 2 N–H and O–H groups in total. The first-order valence-corrected chi connectivity index (χ1v) is 6.12. The van der Waals surface area contributed by atoms with Gasteiger partial charge in [0.1, 0.15) is 17.8 Å². The summed E-state index contributed by atoms with van der Waals surface area (Å²) in [7, 11) is 0. The van der Waals surface area contributed by atoms with Gasteiger partial charge in [0.05, 0.1) is 0 Å². The fraction of sp³-hybridized carbons (Fsp3) is 0.500. The van der Waals surface area contributed by atoms with Crippen molar-refractivity contribution >= 4 is 5.97 Å². The summed E-state index contributed by atoms with van der Waals surface area (Å²) in [6, 6.07) is 7.52. The third kappa shape index (κ3) is 2.34. The smallest absolute Gasteiger partial charge is 0.313 e. The van der Waals surface area contributed by atoms with Crippen LogP contribution in [0.5, 0.6) is 5.75 Å². The second kappa shape index (κ2) is 4.98. The van der Waals surface area contributed by atoms with Crippen LogP contribution in [0.2, 0.25) is 0 Å². The minimum absolute atomic E-state index is 0.00330. The van der Waals surface area contributed by atoms with E-state index in [1.807, 2.05) is 31.2 Å². The second-order valence-corrected chi connectivity index (χ2v) is 5.15. The molecule has 0 aromatic heterocycles. The number of hydrogen-bond donors (Lipinski definition) is 2. The van der Waals surface area contributed by atoms with Crippen LogP contribution in [-0.2, 0) is 11.2 Å². The van der Waals surface area contributed by atoms with Gasteiger partial charge in [-0.1, -0.05) is 25.1 Å². The Morgan fingerprint density at radius 3 is 2.89 bits per heavy atom. The molecule has 1 aliphatic rings. The van der Waals surface area contributed by atoms with Crippen molar-refractivity contribution in [1.82, 2.24) is 0 Å². The monoisotopic (exact) mass is 250 g/mol. The van der Waals surface area contributed by atoms with Gasteiger partial charge >= 0.3 is 5.97 Å². The Labute approximate surface area is 106 Å². The van der Waals surface area contributed by atoms with Gasteiger partial charge in [-0.15, -0.1) is 0 Å². The molecule has 0 amide bonds. The molecule has 0 spiro atoms. The molecule has 1 aromatic carbocycles. The van der Waals surface area contributed by atoms with Gasteiger partial charge in [0.25, 0.3) is 0 Å². The molecule has 1 aliphatic heterocycles. The van der Waals surface area contributed by atoms with Crippen molar-refractivity contribution in [2.75, 3.05) is 13.2 Å². The summed E-state index contributed by atoms with van der Waals surface area (Å²) >= 11 is 0. The summed E-state index contributed by atoms with van der Waals surface area (Å²) in [6.07, 6.45) is 0.885. The summed E-state index contributed by atoms with van der Waals surface area (Å²) < 4.78 is 5.58. The van der Waals surface area contributed by atoms with E-state index in [1.165, 1.54) is 0 Å². The maximum atomic E-state index is 11.6. The van der Waals surface area contributed by atoms with Crippen molar-refractivity contribution in [1.29, 1.82) is 0 Å². The van der Waals surface area contributed by atoms with Crippen molar-refractivity contribution in [3.05, 3.63) is 29.8 Å². The largest absolute Gasteiger partial charge is 0.492 e. The van der Waals surface area contributed by atoms with E-state index >= 15 is 0 Å². The molecular formula is C14H18O4. The minimum Gasteiger partial charge on any atom is -0.492 e. The molecule has 2 atom stereocenters. The summed E-state index contributed by atoms with van der Waals surface area (Å²) in [5, 5.41) is 18.6. The maximum absolute atomic E-state index is 11.6. The van der Waals surface area contributed by atoms with E-state index in [0.29, 0.717) is 12.8 Å². The van der Waals surface area contributed by atoms with Crippen LogP contribution in [0.1, 0.15) is 18.9 Å². The van der Waals surface area contributed by atoms with Gasteiger partial charge in [-0.3, -0.25) is 4.79 Å². The van der Waals surface area contributed by atoms with Crippen LogP contribution in [0.15, 0.2) is 24.3 Å². The number of carboxylic acid groups (broad SMARTS) is 1. The van der Waals surface area contributed by atoms with E-state index in [2.05, 4.69) is 0 Å². The van der Waals surface area contributed by atoms with E-state index in [4.69, 9.17) is 9.84 Å². The molecule has 98 valence electrons. The van der Waals surface area contributed by atoms with Gasteiger partial charge in [0.15, 0.2) is 0 Å². The lowest BCUT2D eigenvalue weighted by Gasteiger charge is -2.35. The number of aliphatic hydroxyl groups excluding tert-OH is 1. The lowest BCUT2D eigenvalue weighted by atomic mass is 9.74. The molecule has 1 aromatic rings. The van der Waals surface area contributed by atoms with Crippen molar-refractivity contribution in [3.8, 4) is 5.75 Å². The molecular weight excluding hydrogens is 232 g/mol. The zero-order chi connectivity index (χ0) is 13.2. The van der Waals surface area contributed by atoms with Crippen molar-refractivity contribution in [2.45, 2.75) is 19.8 Å². The lowest BCUT2D eigenvalue weighted by molar-refractivity contribution is -0.153. The molecule has 0 fully saturated rings. The summed E-state index contributed by atoms with van der Waals surface area (Å²) in [4.78, 5) is 11.6. The highest BCUT2D eigenvalue weighted by molar-refractivity contribution is 5.76. The van der Waals surface area contributed by atoms with Gasteiger partial charge in [0.2, 0.25) is 0 Å². The number of carboxylic acids is 1. The number of fused-ring (bicyclic) bond motifs is 1. The Balaban J connectivity index is 2.27. The standard InChI is InChI=1S/C14H18O4/c1-10(8-15)6-14(13(16)17)7-11-4-2-3-5-12(11)18-9-14/h2-5,10,15H,6-9H2,1H3,(H,16,17). The predicted molar refractivity (Wildman–Crippen MR) is 66.6 cm³/mol. The number of rotatable bonds is 4. The molecule has 4 heteroatoms. The van der Waals surface area contributed by atoms with Crippen LogP contribution in [0, 0.1) is 11.3 Å². The number of para-hydroxylation sites is 1. The quantitative estimate of drug-likeness (QED) is 0.853. The fourth-order valence-electron chi connectivity index (χ4n) is 2.51. The molecule has 4 nitrogen and oxygen atoms in total. The van der Waals surface area contributed by atoms with Crippen LogP contribution in [0.3, 0.4) is 0 Å². The fourth-order valence-corrected chi connectivity index (χ4v) is 2.51. The normalized spacial score (nSPS) is 23.9. The zero-order valence-corrected chi connectivity index (χ0v) is 10.4. The third-order valence-corrected chi connectivity index (χ3v) is 3.51. The molecule has 2 rings (SSSR count). The number of aliphatic hydroxyl groups is 1. The minimum atomic E-state index is -0.920. The molecule has 0 bridgehead atoms. The molecule has 0 saturated heterocycles. The molecule has 2 unspecified atom stereocenters. The number of carbonyl (C=O) groups is 1. The Morgan fingerprint density at radius 1 is 1.50 bits per heavy atom. The molecule has 18 heavy (non-hydrogen) atoms. The number of benzene rings is 1. The summed E-state index contributed by atoms with van der Waals surface area (Å²) in [6.45, 7) is 2.02. The number of ether oxygens (including phenoxy) is 1. The van der Waals surface area contributed by atoms with Crippen LogP contribution in [-0.4, -0.2) is 29.4 Å². The van der Waals surface area contributed by atoms with E-state index in [0.717, 1.165) is 11.3 Å². The first-order chi connectivity index (χ1) is 8.57. The van der Waals surface area contributed by atoms with Crippen molar-refractivity contribution < 1.29 is 19.7 Å². The Hall–Kier alpha value is -1.55. The van der Waals surface area contributed by atoms with Gasteiger partial charge in [-0.05, 0) is 30.4 Å². The Kier molecular flexibility index (Phi) is 3.57. The summed E-state index contributed by atoms with van der Waals surface area (Å²) in [5.41, 5.74) is 0.00698. The van der Waals surface area contributed by atoms with Crippen LogP contribution in [0.4, 0.5) is 0 Å². The SMILES string of the molecule is CC(CO)CC1(C(=O)O)COc2ccccc2C1. The van der Waals surface area contributed by atoms with Gasteiger partial charge in [0, 0.05) is 6.61 Å². The highest BCUT2D eigenvalue weighted by Crippen LogP contribution is 2.39. The molecule has 0 saturated carbocycles. The van der Waals surface area contributed by atoms with E-state index in [1.54, 1.807) is 0 Å². The second-order valence-electron chi connectivity index (χ2n) is 5.15. The average molecular weight is 250 g/mol. The number of hydrogen-bond acceptors (Lipinski definition) is 3. The maximum Gasteiger partial charge on any atom is 0.313 e. The van der Waals surface area contributed by atoms with Gasteiger partial charge in [-0.2, -0.15) is 0 Å². The zero-order valence-electron chi connectivity index (χ0n) is 10.4. The lowest BCUT2D eigenvalue weighted by Crippen LogP contribution is -2.43. The van der Waals surface area contributed by atoms with Crippen LogP contribution in [0.25, 0.3) is 0 Å². The Bertz CT molecular complexity index is 443. The van der Waals surface area contributed by atoms with Crippen molar-refractivity contribution in [2.24, 2.45) is 11.3 Å². The third-order valence-electron chi connectivity index (χ3n) is 3.51. The summed E-state index contributed by atoms with van der Waals surface area (Å²) in [5.74, 6) is -0.127. The number of aliphatic carboxylic acids is 1. The van der Waals surface area contributed by atoms with Crippen LogP contribution >= 0.6 is 0 Å². The highest BCUT2D eigenvalue weighted by atomic mass is 16.5. The van der Waals surface area contributed by atoms with E-state index in [-0.39, 0.29) is 19.1 Å². The Morgan fingerprint density at radius 2 is 2.22 bits per heavy atom. The van der Waals surface area contributed by atoms with Gasteiger partial charge < -0.3 is 14.9 Å². The molecule has 1 heterocycles.